The molecule has 0 amide bonds. The summed E-state index contributed by atoms with van der Waals surface area (Å²) in [6.45, 7) is 3.63. The van der Waals surface area contributed by atoms with E-state index in [0.29, 0.717) is 15.8 Å². The molecule has 6 heteroatoms. The lowest BCUT2D eigenvalue weighted by Crippen LogP contribution is -2.09. The van der Waals surface area contributed by atoms with Crippen molar-refractivity contribution in [2.24, 2.45) is 0 Å². The minimum atomic E-state index is -0.497. The Morgan fingerprint density at radius 1 is 1.28 bits per heavy atom. The second kappa shape index (κ2) is 7.31. The molecule has 0 N–H and O–H groups in total. The lowest BCUT2D eigenvalue weighted by atomic mass is 10.2. The van der Waals surface area contributed by atoms with Crippen LogP contribution < -0.4 is 4.89 Å². The van der Waals surface area contributed by atoms with E-state index in [9.17, 15) is 4.79 Å². The van der Waals surface area contributed by atoms with Crippen LogP contribution in [0.15, 0.2) is 37.2 Å². The molecule has 0 saturated carbocycles. The summed E-state index contributed by atoms with van der Waals surface area (Å²) in [5.41, 5.74) is 0.518. The van der Waals surface area contributed by atoms with E-state index in [0.717, 1.165) is 15.4 Å². The van der Waals surface area contributed by atoms with Crippen molar-refractivity contribution in [2.75, 3.05) is 0 Å². The summed E-state index contributed by atoms with van der Waals surface area (Å²) in [6, 6.07) is 3.47. The van der Waals surface area contributed by atoms with Gasteiger partial charge in [-0.25, -0.2) is 9.68 Å². The van der Waals surface area contributed by atoms with Gasteiger partial charge >= 0.3 is 5.97 Å². The summed E-state index contributed by atoms with van der Waals surface area (Å²) in [5, 5.41) is 0. The van der Waals surface area contributed by atoms with Crippen LogP contribution >= 0.6 is 47.8 Å². The Bertz CT molecular complexity index is 484. The molecule has 0 aromatic heterocycles. The molecule has 0 fully saturated rings. The highest BCUT2D eigenvalue weighted by Gasteiger charge is 2.12. The first-order chi connectivity index (χ1) is 8.47. The van der Waals surface area contributed by atoms with Crippen molar-refractivity contribution in [1.82, 2.24) is 0 Å². The fraction of sp³-hybridized carbons (Fsp3) is 0.250. The lowest BCUT2D eigenvalue weighted by Gasteiger charge is -2.08. The van der Waals surface area contributed by atoms with Crippen LogP contribution in [0.5, 0.6) is 5.75 Å². The molecule has 0 atom stereocenters. The first kappa shape index (κ1) is 15.7. The van der Waals surface area contributed by atoms with E-state index in [1.165, 1.54) is 0 Å². The van der Waals surface area contributed by atoms with E-state index in [2.05, 4.69) is 47.8 Å². The van der Waals surface area contributed by atoms with Crippen LogP contribution in [0.25, 0.3) is 0 Å². The van der Waals surface area contributed by atoms with E-state index in [4.69, 9.17) is 9.78 Å². The molecule has 0 saturated heterocycles. The number of halogens is 3. The quantitative estimate of drug-likeness (QED) is 0.279. The third-order valence-corrected chi connectivity index (χ3v) is 5.38. The van der Waals surface area contributed by atoms with Crippen LogP contribution in [0.3, 0.4) is 0 Å². The molecule has 0 bridgehead atoms. The van der Waals surface area contributed by atoms with Gasteiger partial charge in [-0.3, -0.25) is 4.89 Å². The molecule has 3 nitrogen and oxygen atoms in total. The van der Waals surface area contributed by atoms with Crippen LogP contribution in [0.2, 0.25) is 0 Å². The zero-order chi connectivity index (χ0) is 13.7. The van der Waals surface area contributed by atoms with Gasteiger partial charge in [0.05, 0.1) is 4.47 Å². The van der Waals surface area contributed by atoms with E-state index in [1.807, 2.05) is 6.92 Å². The molecule has 18 heavy (non-hydrogen) atoms. The van der Waals surface area contributed by atoms with Crippen LogP contribution in [-0.2, 0) is 9.68 Å². The molecule has 0 aliphatic carbocycles. The average molecular weight is 443 g/mol. The molecule has 0 radical (unpaired) electrons. The summed E-state index contributed by atoms with van der Waals surface area (Å²) < 4.78 is 2.33. The summed E-state index contributed by atoms with van der Waals surface area (Å²) in [7, 11) is 0. The fourth-order valence-electron chi connectivity index (χ4n) is 1.11. The Hall–Kier alpha value is -0.330. The van der Waals surface area contributed by atoms with Gasteiger partial charge in [-0.2, -0.15) is 0 Å². The highest BCUT2D eigenvalue weighted by atomic mass is 79.9. The molecule has 0 spiro atoms. The second-order valence-electron chi connectivity index (χ2n) is 3.42. The van der Waals surface area contributed by atoms with Gasteiger partial charge in [0.15, 0.2) is 5.75 Å². The number of benzene rings is 1. The van der Waals surface area contributed by atoms with Crippen molar-refractivity contribution in [3.8, 4) is 5.75 Å². The molecule has 1 aromatic carbocycles. The minimum absolute atomic E-state index is 0.419. The summed E-state index contributed by atoms with van der Waals surface area (Å²) in [4.78, 5) is 21.3. The number of hydrogen-bond donors (Lipinski definition) is 0. The van der Waals surface area contributed by atoms with Crippen molar-refractivity contribution < 1.29 is 14.6 Å². The van der Waals surface area contributed by atoms with Gasteiger partial charge in [0.2, 0.25) is 0 Å². The predicted molar refractivity (Wildman–Crippen MR) is 80.3 cm³/mol. The van der Waals surface area contributed by atoms with Crippen molar-refractivity contribution in [3.63, 3.8) is 0 Å². The van der Waals surface area contributed by atoms with E-state index in [-0.39, 0.29) is 0 Å². The highest BCUT2D eigenvalue weighted by molar-refractivity contribution is 9.14. The van der Waals surface area contributed by atoms with Crippen molar-refractivity contribution >= 4 is 53.8 Å². The predicted octanol–water partition coefficient (Wildman–Crippen LogP) is 5.17. The Morgan fingerprint density at radius 2 is 1.94 bits per heavy atom. The number of allylic oxidation sites excluding steroid dienone is 1. The zero-order valence-electron chi connectivity index (χ0n) is 9.80. The minimum Gasteiger partial charge on any atom is -0.285 e. The topological polar surface area (TPSA) is 35.5 Å². The monoisotopic (exact) mass is 440 g/mol. The molecule has 0 aliphatic rings. The average Bonchev–Trinajstić information content (AvgIpc) is 2.35. The van der Waals surface area contributed by atoms with Gasteiger partial charge in [0, 0.05) is 14.5 Å². The summed E-state index contributed by atoms with van der Waals surface area (Å²) in [5.74, 6) is -0.0782. The maximum atomic E-state index is 11.5. The third-order valence-electron chi connectivity index (χ3n) is 2.04. The van der Waals surface area contributed by atoms with Gasteiger partial charge in [-0.05, 0) is 73.3 Å². The summed E-state index contributed by atoms with van der Waals surface area (Å²) in [6.07, 6.45) is 2.55. The van der Waals surface area contributed by atoms with Crippen molar-refractivity contribution in [1.29, 1.82) is 0 Å². The van der Waals surface area contributed by atoms with E-state index < -0.39 is 5.97 Å². The maximum Gasteiger partial charge on any atom is 0.381 e. The van der Waals surface area contributed by atoms with Gasteiger partial charge in [0.1, 0.15) is 0 Å². The first-order valence-electron chi connectivity index (χ1n) is 5.16. The molecule has 0 heterocycles. The van der Waals surface area contributed by atoms with E-state index in [1.54, 1.807) is 25.1 Å². The van der Waals surface area contributed by atoms with Crippen LogP contribution in [0, 0.1) is 0 Å². The normalized spacial score (nSPS) is 11.3. The molecule has 1 aromatic rings. The van der Waals surface area contributed by atoms with Crippen molar-refractivity contribution in [2.45, 2.75) is 20.3 Å². The number of rotatable bonds is 4. The van der Waals surface area contributed by atoms with Crippen LogP contribution in [-0.4, -0.2) is 5.97 Å². The Labute approximate surface area is 131 Å². The van der Waals surface area contributed by atoms with Gasteiger partial charge in [-0.1, -0.05) is 13.0 Å². The number of carbonyl (C=O) groups is 1. The largest absolute Gasteiger partial charge is 0.381 e. The summed E-state index contributed by atoms with van der Waals surface area (Å²) >= 11 is 10.1. The Morgan fingerprint density at radius 3 is 2.56 bits per heavy atom. The van der Waals surface area contributed by atoms with Crippen molar-refractivity contribution in [3.05, 3.63) is 37.2 Å². The SMILES string of the molecule is CCC=C(C)C(=O)OOc1ccc(Br)c(Br)c1Br. The zero-order valence-corrected chi connectivity index (χ0v) is 14.6. The van der Waals surface area contributed by atoms with Crippen LogP contribution in [0.4, 0.5) is 0 Å². The maximum absolute atomic E-state index is 11.5. The smallest absolute Gasteiger partial charge is 0.285 e. The third kappa shape index (κ3) is 4.10. The number of carbonyl (C=O) groups excluding carboxylic acids is 1. The molecule has 0 unspecified atom stereocenters. The van der Waals surface area contributed by atoms with Gasteiger partial charge < -0.3 is 0 Å². The standard InChI is InChI=1S/C12H11Br3O3/c1-3-4-7(2)12(16)18-17-9-6-5-8(13)10(14)11(9)15/h4-6H,3H2,1-2H3. The van der Waals surface area contributed by atoms with Crippen LogP contribution in [0.1, 0.15) is 20.3 Å². The highest BCUT2D eigenvalue weighted by Crippen LogP contribution is 2.37. The van der Waals surface area contributed by atoms with E-state index >= 15 is 0 Å². The molecular weight excluding hydrogens is 432 g/mol. The molecule has 1 rings (SSSR count). The van der Waals surface area contributed by atoms with Gasteiger partial charge in [-0.15, -0.1) is 0 Å². The fourth-order valence-corrected chi connectivity index (χ4v) is 2.45. The molecule has 0 aliphatic heterocycles. The Balaban J connectivity index is 2.73. The first-order valence-corrected chi connectivity index (χ1v) is 7.54. The Kier molecular flexibility index (Phi) is 6.38. The number of hydrogen-bond acceptors (Lipinski definition) is 3. The second-order valence-corrected chi connectivity index (χ2v) is 5.86. The molecule has 98 valence electrons. The molecular formula is C12H11Br3O3. The lowest BCUT2D eigenvalue weighted by molar-refractivity contribution is -0.208. The van der Waals surface area contributed by atoms with Gasteiger partial charge in [0.25, 0.3) is 0 Å².